The molecular weight excluding hydrogens is 474 g/mol. The summed E-state index contributed by atoms with van der Waals surface area (Å²) in [6.07, 6.45) is 1.75. The van der Waals surface area contributed by atoms with Crippen molar-refractivity contribution in [2.75, 3.05) is 39.3 Å². The molecule has 0 saturated carbocycles. The summed E-state index contributed by atoms with van der Waals surface area (Å²) in [7, 11) is 0. The Kier molecular flexibility index (Phi) is 5.96. The Labute approximate surface area is 213 Å². The van der Waals surface area contributed by atoms with E-state index in [-0.39, 0.29) is 11.8 Å². The molecule has 3 aromatic carbocycles. The van der Waals surface area contributed by atoms with Gasteiger partial charge in [-0.05, 0) is 48.5 Å². The number of nitrogens with zero attached hydrogens (tertiary/aromatic N) is 4. The van der Waals surface area contributed by atoms with Gasteiger partial charge in [-0.3, -0.25) is 14.5 Å². The van der Waals surface area contributed by atoms with E-state index in [4.69, 9.17) is 0 Å². The van der Waals surface area contributed by atoms with Gasteiger partial charge in [0, 0.05) is 74.1 Å². The number of aromatic nitrogens is 1. The van der Waals surface area contributed by atoms with Crippen LogP contribution >= 0.6 is 0 Å². The Hall–Kier alpha value is -4.04. The first kappa shape index (κ1) is 23.4. The summed E-state index contributed by atoms with van der Waals surface area (Å²) >= 11 is 0. The molecule has 0 spiro atoms. The molecule has 6 nitrogen and oxygen atoms in total. The maximum absolute atomic E-state index is 13.7. The van der Waals surface area contributed by atoms with E-state index >= 15 is 0 Å². The van der Waals surface area contributed by atoms with Crippen LogP contribution in [-0.4, -0.2) is 76.4 Å². The molecule has 0 radical (unpaired) electrons. The predicted octanol–water partition coefficient (Wildman–Crippen LogP) is 4.19. The zero-order chi connectivity index (χ0) is 25.5. The normalized spacial score (nSPS) is 16.7. The summed E-state index contributed by atoms with van der Waals surface area (Å²) < 4.78 is 29.1. The fourth-order valence-corrected chi connectivity index (χ4v) is 5.27. The fraction of sp³-hybridized carbons (Fsp3) is 0.241. The summed E-state index contributed by atoms with van der Waals surface area (Å²) in [6.45, 7) is 4.28. The highest BCUT2D eigenvalue weighted by Gasteiger charge is 2.37. The zero-order valence-electron chi connectivity index (χ0n) is 20.2. The molecule has 0 unspecified atom stereocenters. The van der Waals surface area contributed by atoms with Crippen LogP contribution in [0.1, 0.15) is 20.7 Å². The summed E-state index contributed by atoms with van der Waals surface area (Å²) in [4.78, 5) is 31.9. The number of amides is 2. The Morgan fingerprint density at radius 1 is 0.703 bits per heavy atom. The number of rotatable bonds is 4. The van der Waals surface area contributed by atoms with E-state index in [1.807, 2.05) is 58.3 Å². The molecule has 0 atom stereocenters. The topological polar surface area (TPSA) is 48.8 Å². The van der Waals surface area contributed by atoms with E-state index < -0.39 is 11.6 Å². The van der Waals surface area contributed by atoms with Gasteiger partial charge < -0.3 is 14.4 Å². The van der Waals surface area contributed by atoms with Gasteiger partial charge in [0.1, 0.15) is 11.6 Å². The number of fused-ring (bicyclic) bond motifs is 1. The number of carbonyl (C=O) groups excluding carboxylic acids is 2. The molecule has 2 aliphatic heterocycles. The number of carbonyl (C=O) groups is 2. The highest BCUT2D eigenvalue weighted by Crippen LogP contribution is 2.25. The highest BCUT2D eigenvalue weighted by molar-refractivity contribution is 5.99. The first-order valence-corrected chi connectivity index (χ1v) is 12.4. The second-order valence-corrected chi connectivity index (χ2v) is 9.65. The molecule has 188 valence electrons. The van der Waals surface area contributed by atoms with Crippen LogP contribution in [0.25, 0.3) is 16.6 Å². The largest absolute Gasteiger partial charge is 0.336 e. The van der Waals surface area contributed by atoms with Crippen LogP contribution in [0.5, 0.6) is 0 Å². The second-order valence-electron chi connectivity index (χ2n) is 9.65. The smallest absolute Gasteiger partial charge is 0.253 e. The van der Waals surface area contributed by atoms with Crippen LogP contribution in [0.15, 0.2) is 79.0 Å². The number of hydrogen-bond donors (Lipinski definition) is 0. The lowest BCUT2D eigenvalue weighted by Gasteiger charge is -2.48. The molecular formula is C29H26F2N4O2. The summed E-state index contributed by atoms with van der Waals surface area (Å²) in [5.74, 6) is -1.24. The van der Waals surface area contributed by atoms with Gasteiger partial charge in [-0.2, -0.15) is 0 Å². The number of likely N-dealkylation sites (tertiary alicyclic amines) is 1. The minimum Gasteiger partial charge on any atom is -0.336 e. The van der Waals surface area contributed by atoms with Crippen molar-refractivity contribution in [2.24, 2.45) is 0 Å². The first-order valence-electron chi connectivity index (χ1n) is 12.4. The Balaban J connectivity index is 1.07. The van der Waals surface area contributed by atoms with E-state index in [1.165, 1.54) is 12.1 Å². The van der Waals surface area contributed by atoms with Crippen molar-refractivity contribution in [1.82, 2.24) is 19.3 Å². The van der Waals surface area contributed by atoms with Gasteiger partial charge in [-0.25, -0.2) is 8.78 Å². The molecule has 0 bridgehead atoms. The van der Waals surface area contributed by atoms with Crippen LogP contribution in [0.2, 0.25) is 0 Å². The van der Waals surface area contributed by atoms with Crippen molar-refractivity contribution in [2.45, 2.75) is 6.04 Å². The maximum Gasteiger partial charge on any atom is 0.253 e. The molecule has 2 fully saturated rings. The SMILES string of the molecule is O=C(c1ccccc1)N1CCN(C2CN(C(=O)c3ccc4c(ccn4-c4cc(F)cc(F)c4)c3)C2)CC1. The zero-order valence-corrected chi connectivity index (χ0v) is 20.2. The molecule has 8 heteroatoms. The van der Waals surface area contributed by atoms with E-state index in [0.29, 0.717) is 49.0 Å². The van der Waals surface area contributed by atoms with Gasteiger partial charge in [0.2, 0.25) is 0 Å². The number of hydrogen-bond acceptors (Lipinski definition) is 3. The van der Waals surface area contributed by atoms with Gasteiger partial charge in [0.25, 0.3) is 11.8 Å². The van der Waals surface area contributed by atoms with Gasteiger partial charge in [-0.15, -0.1) is 0 Å². The van der Waals surface area contributed by atoms with Crippen molar-refractivity contribution in [3.63, 3.8) is 0 Å². The molecule has 4 aromatic rings. The third kappa shape index (κ3) is 4.49. The monoisotopic (exact) mass is 500 g/mol. The average molecular weight is 501 g/mol. The number of halogens is 2. The van der Waals surface area contributed by atoms with Crippen LogP contribution in [0.4, 0.5) is 8.78 Å². The highest BCUT2D eigenvalue weighted by atomic mass is 19.1. The van der Waals surface area contributed by atoms with E-state index in [2.05, 4.69) is 4.90 Å². The third-order valence-corrected chi connectivity index (χ3v) is 7.35. The van der Waals surface area contributed by atoms with Crippen LogP contribution in [-0.2, 0) is 0 Å². The minimum atomic E-state index is -0.639. The number of piperazine rings is 1. The van der Waals surface area contributed by atoms with Crippen molar-refractivity contribution >= 4 is 22.7 Å². The van der Waals surface area contributed by atoms with Gasteiger partial charge in [0.15, 0.2) is 0 Å². The minimum absolute atomic E-state index is 0.0272. The van der Waals surface area contributed by atoms with E-state index in [0.717, 1.165) is 30.1 Å². The fourth-order valence-electron chi connectivity index (χ4n) is 5.27. The number of benzene rings is 3. The standard InChI is InChI=1S/C29H26F2N4O2/c30-23-15-24(31)17-25(16-23)35-9-8-21-14-22(6-7-27(21)35)29(37)34-18-26(19-34)32-10-12-33(13-11-32)28(36)20-4-2-1-3-5-20/h1-9,14-17,26H,10-13,18-19H2. The van der Waals surface area contributed by atoms with Crippen LogP contribution in [0, 0.1) is 11.6 Å². The molecule has 2 saturated heterocycles. The Morgan fingerprint density at radius 3 is 2.08 bits per heavy atom. The van der Waals surface area contributed by atoms with E-state index in [1.54, 1.807) is 16.8 Å². The van der Waals surface area contributed by atoms with Crippen LogP contribution in [0.3, 0.4) is 0 Å². The molecule has 2 aliphatic rings. The lowest BCUT2D eigenvalue weighted by molar-refractivity contribution is 0.00854. The van der Waals surface area contributed by atoms with Crippen LogP contribution < -0.4 is 0 Å². The average Bonchev–Trinajstić information content (AvgIpc) is 3.31. The Bertz CT molecular complexity index is 1450. The molecule has 37 heavy (non-hydrogen) atoms. The van der Waals surface area contributed by atoms with Crippen molar-refractivity contribution < 1.29 is 18.4 Å². The third-order valence-electron chi connectivity index (χ3n) is 7.35. The Morgan fingerprint density at radius 2 is 1.38 bits per heavy atom. The molecule has 1 aromatic heterocycles. The summed E-state index contributed by atoms with van der Waals surface area (Å²) in [6, 6.07) is 20.3. The molecule has 0 aliphatic carbocycles. The molecule has 0 N–H and O–H groups in total. The lowest BCUT2D eigenvalue weighted by atomic mass is 10.0. The quantitative estimate of drug-likeness (QED) is 0.422. The lowest BCUT2D eigenvalue weighted by Crippen LogP contribution is -2.64. The van der Waals surface area contributed by atoms with Crippen molar-refractivity contribution in [3.8, 4) is 5.69 Å². The summed E-state index contributed by atoms with van der Waals surface area (Å²) in [5, 5.41) is 0.826. The van der Waals surface area contributed by atoms with Gasteiger partial charge >= 0.3 is 0 Å². The van der Waals surface area contributed by atoms with Gasteiger partial charge in [0.05, 0.1) is 11.2 Å². The van der Waals surface area contributed by atoms with E-state index in [9.17, 15) is 18.4 Å². The molecule has 3 heterocycles. The van der Waals surface area contributed by atoms with Crippen molar-refractivity contribution in [1.29, 1.82) is 0 Å². The molecule has 6 rings (SSSR count). The van der Waals surface area contributed by atoms with Crippen molar-refractivity contribution in [3.05, 3.63) is 102 Å². The molecule has 2 amide bonds. The maximum atomic E-state index is 13.7. The predicted molar refractivity (Wildman–Crippen MR) is 137 cm³/mol. The summed E-state index contributed by atoms with van der Waals surface area (Å²) in [5.41, 5.74) is 2.47. The van der Waals surface area contributed by atoms with Gasteiger partial charge in [-0.1, -0.05) is 18.2 Å². The second kappa shape index (κ2) is 9.44. The first-order chi connectivity index (χ1) is 18.0.